The Bertz CT molecular complexity index is 1350. The number of fused-ring (bicyclic) bond motifs is 1. The van der Waals surface area contributed by atoms with E-state index in [0.717, 1.165) is 34.7 Å². The molecule has 0 saturated carbocycles. The lowest BCUT2D eigenvalue weighted by Crippen LogP contribution is -2.41. The molecule has 1 amide bonds. The van der Waals surface area contributed by atoms with Crippen LogP contribution in [0.1, 0.15) is 41.6 Å². The lowest BCUT2D eigenvalue weighted by Gasteiger charge is -2.25. The van der Waals surface area contributed by atoms with Crippen LogP contribution >= 0.6 is 0 Å². The number of carbonyl (C=O) groups is 1. The SMILES string of the molecule is COc1ccc(S(=O)(=O)N(CC(=O)N[C@@H](C)c2ccc3c(c2)CCC3)c2ccc(C)cc2)cc1OC. The molecule has 0 aliphatic heterocycles. The molecular formula is C28H32N2O5S. The van der Waals surface area contributed by atoms with Crippen LogP contribution < -0.4 is 19.1 Å². The minimum Gasteiger partial charge on any atom is -0.493 e. The second-order valence-electron chi connectivity index (χ2n) is 9.03. The van der Waals surface area contributed by atoms with E-state index in [-0.39, 0.29) is 23.2 Å². The first-order valence-corrected chi connectivity index (χ1v) is 13.4. The maximum atomic E-state index is 13.8. The van der Waals surface area contributed by atoms with Crippen molar-refractivity contribution in [2.45, 2.75) is 44.0 Å². The van der Waals surface area contributed by atoms with Gasteiger partial charge in [-0.2, -0.15) is 0 Å². The average Bonchev–Trinajstić information content (AvgIpc) is 3.35. The molecule has 0 fully saturated rings. The molecule has 4 rings (SSSR count). The summed E-state index contributed by atoms with van der Waals surface area (Å²) in [6, 6.07) is 17.5. The molecule has 1 N–H and O–H groups in total. The predicted octanol–water partition coefficient (Wildman–Crippen LogP) is 4.57. The summed E-state index contributed by atoms with van der Waals surface area (Å²) >= 11 is 0. The van der Waals surface area contributed by atoms with Crippen molar-refractivity contribution in [3.63, 3.8) is 0 Å². The molecule has 36 heavy (non-hydrogen) atoms. The number of rotatable bonds is 9. The highest BCUT2D eigenvalue weighted by Crippen LogP contribution is 2.32. The number of ether oxygens (including phenoxy) is 2. The summed E-state index contributed by atoms with van der Waals surface area (Å²) in [4.78, 5) is 13.2. The fourth-order valence-electron chi connectivity index (χ4n) is 4.49. The van der Waals surface area contributed by atoms with E-state index in [1.54, 1.807) is 12.1 Å². The maximum Gasteiger partial charge on any atom is 0.264 e. The van der Waals surface area contributed by atoms with Crippen LogP contribution in [-0.2, 0) is 27.7 Å². The summed E-state index contributed by atoms with van der Waals surface area (Å²) in [5.74, 6) is 0.309. The van der Waals surface area contributed by atoms with Crippen molar-refractivity contribution in [1.29, 1.82) is 0 Å². The van der Waals surface area contributed by atoms with E-state index in [0.29, 0.717) is 11.4 Å². The third-order valence-electron chi connectivity index (χ3n) is 6.55. The molecule has 3 aromatic rings. The summed E-state index contributed by atoms with van der Waals surface area (Å²) in [7, 11) is -1.16. The topological polar surface area (TPSA) is 84.9 Å². The van der Waals surface area contributed by atoms with Gasteiger partial charge in [-0.3, -0.25) is 9.10 Å². The van der Waals surface area contributed by atoms with Gasteiger partial charge >= 0.3 is 0 Å². The smallest absolute Gasteiger partial charge is 0.264 e. The van der Waals surface area contributed by atoms with Gasteiger partial charge in [-0.1, -0.05) is 35.9 Å². The molecule has 8 heteroatoms. The van der Waals surface area contributed by atoms with Gasteiger partial charge in [0.1, 0.15) is 6.54 Å². The van der Waals surface area contributed by atoms with Crippen molar-refractivity contribution >= 4 is 21.6 Å². The van der Waals surface area contributed by atoms with Crippen molar-refractivity contribution in [3.05, 3.63) is 82.9 Å². The number of sulfonamides is 1. The number of aryl methyl sites for hydroxylation is 3. The van der Waals surface area contributed by atoms with Gasteiger partial charge in [-0.25, -0.2) is 8.42 Å². The van der Waals surface area contributed by atoms with Gasteiger partial charge in [0.15, 0.2) is 11.5 Å². The fraction of sp³-hybridized carbons (Fsp3) is 0.321. The Hall–Kier alpha value is -3.52. The van der Waals surface area contributed by atoms with Crippen LogP contribution in [0.2, 0.25) is 0 Å². The minimum absolute atomic E-state index is 0.000181. The van der Waals surface area contributed by atoms with Crippen molar-refractivity contribution in [1.82, 2.24) is 5.32 Å². The van der Waals surface area contributed by atoms with Gasteiger partial charge in [0.05, 0.1) is 30.8 Å². The zero-order valence-electron chi connectivity index (χ0n) is 21.1. The Balaban J connectivity index is 1.61. The highest BCUT2D eigenvalue weighted by Gasteiger charge is 2.29. The summed E-state index contributed by atoms with van der Waals surface area (Å²) in [6.07, 6.45) is 3.30. The van der Waals surface area contributed by atoms with Crippen LogP contribution in [-0.4, -0.2) is 35.1 Å². The van der Waals surface area contributed by atoms with Crippen molar-refractivity contribution in [2.75, 3.05) is 25.1 Å². The molecule has 7 nitrogen and oxygen atoms in total. The highest BCUT2D eigenvalue weighted by molar-refractivity contribution is 7.92. The number of hydrogen-bond donors (Lipinski definition) is 1. The van der Waals surface area contributed by atoms with E-state index in [2.05, 4.69) is 17.4 Å². The molecule has 3 aromatic carbocycles. The van der Waals surface area contributed by atoms with Crippen molar-refractivity contribution in [2.24, 2.45) is 0 Å². The molecule has 0 radical (unpaired) electrons. The van der Waals surface area contributed by atoms with Crippen molar-refractivity contribution in [3.8, 4) is 11.5 Å². The number of nitrogens with one attached hydrogen (secondary N) is 1. The number of benzene rings is 3. The second kappa shape index (κ2) is 10.6. The van der Waals surface area contributed by atoms with Crippen LogP contribution in [0.3, 0.4) is 0 Å². The normalized spacial score (nSPS) is 13.6. The van der Waals surface area contributed by atoms with E-state index >= 15 is 0 Å². The molecule has 1 atom stereocenters. The average molecular weight is 509 g/mol. The van der Waals surface area contributed by atoms with Crippen molar-refractivity contribution < 1.29 is 22.7 Å². The van der Waals surface area contributed by atoms with Gasteiger partial charge in [0, 0.05) is 6.07 Å². The quantitative estimate of drug-likeness (QED) is 0.458. The van der Waals surface area contributed by atoms with Gasteiger partial charge in [0.25, 0.3) is 10.0 Å². The summed E-state index contributed by atoms with van der Waals surface area (Å²) in [5.41, 5.74) is 5.08. The molecule has 0 unspecified atom stereocenters. The number of hydrogen-bond acceptors (Lipinski definition) is 5. The Labute approximate surface area is 213 Å². The number of methoxy groups -OCH3 is 2. The van der Waals surface area contributed by atoms with Crippen LogP contribution in [0.4, 0.5) is 5.69 Å². The number of nitrogens with zero attached hydrogens (tertiary/aromatic N) is 1. The van der Waals surface area contributed by atoms with Gasteiger partial charge < -0.3 is 14.8 Å². The Morgan fingerprint density at radius 3 is 2.33 bits per heavy atom. The van der Waals surface area contributed by atoms with Gasteiger partial charge in [-0.05, 0) is 74.1 Å². The maximum absolute atomic E-state index is 13.8. The van der Waals surface area contributed by atoms with Crippen LogP contribution in [0.15, 0.2) is 65.6 Å². The monoisotopic (exact) mass is 508 g/mol. The Morgan fingerprint density at radius 1 is 0.944 bits per heavy atom. The molecule has 0 aromatic heterocycles. The number of carbonyl (C=O) groups excluding carboxylic acids is 1. The first kappa shape index (κ1) is 25.6. The second-order valence-corrected chi connectivity index (χ2v) is 10.9. The lowest BCUT2D eigenvalue weighted by atomic mass is 10.0. The fourth-order valence-corrected chi connectivity index (χ4v) is 5.93. The predicted molar refractivity (Wildman–Crippen MR) is 140 cm³/mol. The molecule has 0 spiro atoms. The Kier molecular flexibility index (Phi) is 7.54. The van der Waals surface area contributed by atoms with E-state index in [4.69, 9.17) is 9.47 Å². The number of anilines is 1. The summed E-state index contributed by atoms with van der Waals surface area (Å²) in [6.45, 7) is 3.46. The van der Waals surface area contributed by atoms with E-state index < -0.39 is 15.9 Å². The molecular weight excluding hydrogens is 476 g/mol. The van der Waals surface area contributed by atoms with Crippen LogP contribution in [0.5, 0.6) is 11.5 Å². The standard InChI is InChI=1S/C28H32N2O5S/c1-19-8-12-24(13-9-19)30(36(32,33)25-14-15-26(34-3)27(17-25)35-4)18-28(31)29-20(2)22-11-10-21-6-5-7-23(21)16-22/h8-17,20H,5-7,18H2,1-4H3,(H,29,31)/t20-/m0/s1. The molecule has 1 aliphatic carbocycles. The highest BCUT2D eigenvalue weighted by atomic mass is 32.2. The Morgan fingerprint density at radius 2 is 1.64 bits per heavy atom. The summed E-state index contributed by atoms with van der Waals surface area (Å²) in [5, 5.41) is 2.97. The number of amides is 1. The van der Waals surface area contributed by atoms with Crippen LogP contribution in [0.25, 0.3) is 0 Å². The molecule has 0 bridgehead atoms. The first-order valence-electron chi connectivity index (χ1n) is 12.0. The molecule has 0 heterocycles. The summed E-state index contributed by atoms with van der Waals surface area (Å²) < 4.78 is 39.2. The third kappa shape index (κ3) is 5.33. The van der Waals surface area contributed by atoms with Gasteiger partial charge in [-0.15, -0.1) is 0 Å². The van der Waals surface area contributed by atoms with E-state index in [9.17, 15) is 13.2 Å². The molecule has 190 valence electrons. The molecule has 0 saturated heterocycles. The minimum atomic E-state index is -4.09. The zero-order chi connectivity index (χ0) is 25.9. The van der Waals surface area contributed by atoms with Gasteiger partial charge in [0.2, 0.25) is 5.91 Å². The first-order chi connectivity index (χ1) is 17.2. The zero-order valence-corrected chi connectivity index (χ0v) is 21.9. The van der Waals surface area contributed by atoms with E-state index in [1.165, 1.54) is 43.5 Å². The molecule has 1 aliphatic rings. The van der Waals surface area contributed by atoms with Crippen LogP contribution in [0, 0.1) is 6.92 Å². The third-order valence-corrected chi connectivity index (χ3v) is 8.32. The lowest BCUT2D eigenvalue weighted by molar-refractivity contribution is -0.120. The largest absolute Gasteiger partial charge is 0.493 e. The van der Waals surface area contributed by atoms with E-state index in [1.807, 2.05) is 32.0 Å².